The number of hydrogen-bond acceptors (Lipinski definition) is 12. The molecular weight excluding hydrogens is 690 g/mol. The van der Waals surface area contributed by atoms with Gasteiger partial charge >= 0.3 is 0 Å². The Morgan fingerprint density at radius 3 is 2.08 bits per heavy atom. The predicted octanol–water partition coefficient (Wildman–Crippen LogP) is 1.06. The average Bonchev–Trinajstić information content (AvgIpc) is 3.49. The molecule has 0 aliphatic rings. The summed E-state index contributed by atoms with van der Waals surface area (Å²) in [6.07, 6.45) is 1.16. The highest BCUT2D eigenvalue weighted by Gasteiger charge is 2.40. The lowest BCUT2D eigenvalue weighted by Gasteiger charge is -2.29. The van der Waals surface area contributed by atoms with Gasteiger partial charge in [0.2, 0.25) is 11.8 Å². The van der Waals surface area contributed by atoms with Crippen LogP contribution in [0.4, 0.5) is 8.78 Å². The van der Waals surface area contributed by atoms with Gasteiger partial charge in [-0.1, -0.05) is 30.3 Å². The SMILES string of the molecule is COC[C@H](NC(=O)c1cnc(C)s1)C(=O)N[C@H](COC)C(=O)N[C@@H](Cc1ccccc1)C(=O)C(C)(O)COS(=O)(=O)c1ccc(F)cc1F. The number of thiazole rings is 1. The summed E-state index contributed by atoms with van der Waals surface area (Å²) in [5.74, 6) is -5.92. The topological polar surface area (TPSA) is 199 Å². The molecule has 2 aromatic carbocycles. The van der Waals surface area contributed by atoms with E-state index in [4.69, 9.17) is 13.7 Å². The van der Waals surface area contributed by atoms with E-state index in [1.165, 1.54) is 20.4 Å². The number of halogens is 2. The van der Waals surface area contributed by atoms with E-state index < -0.39 is 80.5 Å². The largest absolute Gasteiger partial charge is 0.382 e. The summed E-state index contributed by atoms with van der Waals surface area (Å²) in [7, 11) is -2.34. The van der Waals surface area contributed by atoms with Crippen LogP contribution in [0.3, 0.4) is 0 Å². The third-order valence-corrected chi connectivity index (χ3v) is 9.08. The van der Waals surface area contributed by atoms with Crippen molar-refractivity contribution in [3.8, 4) is 0 Å². The van der Waals surface area contributed by atoms with Crippen LogP contribution >= 0.6 is 11.3 Å². The Hall–Kier alpha value is -4.20. The van der Waals surface area contributed by atoms with Crippen molar-refractivity contribution < 1.29 is 55.1 Å². The molecule has 266 valence electrons. The van der Waals surface area contributed by atoms with E-state index in [0.717, 1.165) is 18.3 Å². The van der Waals surface area contributed by atoms with Gasteiger partial charge in [0.15, 0.2) is 5.78 Å². The molecule has 3 aromatic rings. The number of hydrogen-bond donors (Lipinski definition) is 4. The zero-order valence-corrected chi connectivity index (χ0v) is 28.5. The van der Waals surface area contributed by atoms with Crippen LogP contribution in [0.25, 0.3) is 0 Å². The number of Topliss-reactive ketones (excluding diaryl/α,β-unsaturated/α-hetero) is 1. The molecule has 4 N–H and O–H groups in total. The monoisotopic (exact) mass is 726 g/mol. The third-order valence-electron chi connectivity index (χ3n) is 6.87. The van der Waals surface area contributed by atoms with Crippen LogP contribution < -0.4 is 16.0 Å². The second-order valence-corrected chi connectivity index (χ2v) is 13.7. The zero-order chi connectivity index (χ0) is 36.4. The van der Waals surface area contributed by atoms with Crippen molar-refractivity contribution in [3.05, 3.63) is 81.8 Å². The second-order valence-electron chi connectivity index (χ2n) is 10.9. The summed E-state index contributed by atoms with van der Waals surface area (Å²) in [5, 5.41) is 19.1. The van der Waals surface area contributed by atoms with Crippen molar-refractivity contribution in [1.82, 2.24) is 20.9 Å². The van der Waals surface area contributed by atoms with E-state index in [0.29, 0.717) is 28.8 Å². The maximum Gasteiger partial charge on any atom is 0.300 e. The summed E-state index contributed by atoms with van der Waals surface area (Å²) in [6, 6.07) is 5.76. The van der Waals surface area contributed by atoms with Gasteiger partial charge in [-0.05, 0) is 38.0 Å². The molecule has 3 amide bonds. The number of carbonyl (C=O) groups excluding carboxylic acids is 4. The Labute approximate surface area is 285 Å². The highest BCUT2D eigenvalue weighted by Crippen LogP contribution is 2.21. The Morgan fingerprint density at radius 2 is 1.53 bits per heavy atom. The molecule has 1 aromatic heterocycles. The molecule has 0 saturated carbocycles. The van der Waals surface area contributed by atoms with Crippen molar-refractivity contribution in [2.75, 3.05) is 34.0 Å². The summed E-state index contributed by atoms with van der Waals surface area (Å²) in [6.45, 7) is 0.801. The normalized spacial score (nSPS) is 14.6. The van der Waals surface area contributed by atoms with Crippen LogP contribution in [0.1, 0.15) is 27.2 Å². The lowest BCUT2D eigenvalue weighted by molar-refractivity contribution is -0.143. The van der Waals surface area contributed by atoms with E-state index in [1.807, 2.05) is 0 Å². The highest BCUT2D eigenvalue weighted by molar-refractivity contribution is 7.86. The van der Waals surface area contributed by atoms with Crippen LogP contribution in [-0.4, -0.2) is 99.8 Å². The van der Waals surface area contributed by atoms with Gasteiger partial charge < -0.3 is 30.5 Å². The van der Waals surface area contributed by atoms with Gasteiger partial charge in [0.1, 0.15) is 45.7 Å². The fourth-order valence-electron chi connectivity index (χ4n) is 4.38. The van der Waals surface area contributed by atoms with Gasteiger partial charge in [-0.2, -0.15) is 8.42 Å². The number of benzene rings is 2. The molecule has 1 unspecified atom stereocenters. The van der Waals surface area contributed by atoms with Crippen molar-refractivity contribution in [1.29, 1.82) is 0 Å². The predicted molar refractivity (Wildman–Crippen MR) is 171 cm³/mol. The summed E-state index contributed by atoms with van der Waals surface area (Å²) in [5.41, 5.74) is -2.04. The summed E-state index contributed by atoms with van der Waals surface area (Å²) in [4.78, 5) is 56.3. The number of ketones is 1. The molecule has 4 atom stereocenters. The third kappa shape index (κ3) is 11.2. The van der Waals surface area contributed by atoms with Crippen molar-refractivity contribution in [2.45, 2.75) is 48.9 Å². The minimum absolute atomic E-state index is 0.189. The number of methoxy groups -OCH3 is 2. The minimum atomic E-state index is -4.90. The molecule has 1 heterocycles. The van der Waals surface area contributed by atoms with E-state index in [2.05, 4.69) is 20.9 Å². The lowest BCUT2D eigenvalue weighted by atomic mass is 9.91. The number of ether oxygens (including phenoxy) is 2. The van der Waals surface area contributed by atoms with Gasteiger partial charge in [0, 0.05) is 20.3 Å². The first-order chi connectivity index (χ1) is 23.1. The van der Waals surface area contributed by atoms with Gasteiger partial charge in [0.05, 0.1) is 30.5 Å². The Morgan fingerprint density at radius 1 is 0.939 bits per heavy atom. The maximum atomic E-state index is 14.2. The summed E-state index contributed by atoms with van der Waals surface area (Å²) >= 11 is 1.11. The molecule has 3 rings (SSSR count). The van der Waals surface area contributed by atoms with Gasteiger partial charge in [-0.15, -0.1) is 11.3 Å². The van der Waals surface area contributed by atoms with E-state index in [-0.39, 0.29) is 24.5 Å². The first kappa shape index (κ1) is 39.2. The Bertz CT molecular complexity index is 1740. The molecular formula is C31H36F2N4O10S2. The molecule has 0 fully saturated rings. The molecule has 49 heavy (non-hydrogen) atoms. The number of nitrogens with one attached hydrogen (secondary N) is 3. The van der Waals surface area contributed by atoms with Crippen molar-refractivity contribution in [3.63, 3.8) is 0 Å². The van der Waals surface area contributed by atoms with Crippen LogP contribution in [0.2, 0.25) is 0 Å². The molecule has 0 saturated heterocycles. The lowest BCUT2D eigenvalue weighted by Crippen LogP contribution is -2.60. The van der Waals surface area contributed by atoms with Crippen molar-refractivity contribution in [2.24, 2.45) is 0 Å². The molecule has 0 spiro atoms. The minimum Gasteiger partial charge on any atom is -0.382 e. The number of aromatic nitrogens is 1. The maximum absolute atomic E-state index is 14.2. The number of amides is 3. The molecule has 0 radical (unpaired) electrons. The van der Waals surface area contributed by atoms with E-state index in [9.17, 15) is 41.5 Å². The van der Waals surface area contributed by atoms with E-state index in [1.54, 1.807) is 37.3 Å². The smallest absolute Gasteiger partial charge is 0.300 e. The fourth-order valence-corrected chi connectivity index (χ4v) is 6.10. The number of carbonyl (C=O) groups is 4. The fraction of sp³-hybridized carbons (Fsp3) is 0.387. The molecule has 0 bridgehead atoms. The second kappa shape index (κ2) is 17.5. The van der Waals surface area contributed by atoms with Gasteiger partial charge in [-0.3, -0.25) is 23.4 Å². The van der Waals surface area contributed by atoms with Crippen LogP contribution in [0.5, 0.6) is 0 Å². The van der Waals surface area contributed by atoms with Gasteiger partial charge in [-0.25, -0.2) is 13.8 Å². The highest BCUT2D eigenvalue weighted by atomic mass is 32.2. The Kier molecular flexibility index (Phi) is 14.0. The van der Waals surface area contributed by atoms with Crippen LogP contribution in [0.15, 0.2) is 59.6 Å². The molecule has 0 aliphatic heterocycles. The number of rotatable bonds is 18. The van der Waals surface area contributed by atoms with Gasteiger partial charge in [0.25, 0.3) is 16.0 Å². The zero-order valence-electron chi connectivity index (χ0n) is 26.9. The van der Waals surface area contributed by atoms with E-state index >= 15 is 0 Å². The standard InChI is InChI=1S/C31H36F2N4O10S2/c1-18-34-14-25(48-18)30(41)37-24(16-46-4)29(40)36-23(15-45-3)28(39)35-22(12-19-8-6-5-7-9-19)27(38)31(2,42)17-47-49(43,44)26-11-10-20(32)13-21(26)33/h5-11,13-14,22-24,42H,12,15-17H2,1-4H3,(H,35,39)(H,36,40)(H,37,41)/t22-,23+,24-,31?/m0/s1. The first-order valence-electron chi connectivity index (χ1n) is 14.5. The Balaban J connectivity index is 1.80. The van der Waals surface area contributed by atoms with Crippen molar-refractivity contribution >= 4 is 45.0 Å². The first-order valence-corrected chi connectivity index (χ1v) is 16.8. The number of nitrogens with zero attached hydrogens (tertiary/aromatic N) is 1. The summed E-state index contributed by atoms with van der Waals surface area (Å²) < 4.78 is 67.7. The number of aryl methyl sites for hydroxylation is 1. The molecule has 18 heteroatoms. The average molecular weight is 727 g/mol. The molecule has 14 nitrogen and oxygen atoms in total. The molecule has 0 aliphatic carbocycles. The quantitative estimate of drug-likeness (QED) is 0.137. The van der Waals surface area contributed by atoms with Crippen LogP contribution in [0, 0.1) is 18.6 Å². The van der Waals surface area contributed by atoms with Crippen LogP contribution in [-0.2, 0) is 44.6 Å². The number of aliphatic hydroxyl groups is 1.